The third-order valence-electron chi connectivity index (χ3n) is 2.67. The Morgan fingerprint density at radius 3 is 1.21 bits per heavy atom. The maximum Gasteiger partial charge on any atom is -0.0417 e. The van der Waals surface area contributed by atoms with Crippen LogP contribution in [0.25, 0.3) is 0 Å². The second kappa shape index (κ2) is 13.0. The Bertz CT molecular complexity index is 75.3. The van der Waals surface area contributed by atoms with Crippen LogP contribution < -0.4 is 0 Å². The predicted octanol–water partition coefficient (Wildman–Crippen LogP) is 5.67. The lowest BCUT2D eigenvalue weighted by atomic mass is 9.84. The van der Waals surface area contributed by atoms with E-state index in [0.29, 0.717) is 0 Å². The zero-order valence-electron chi connectivity index (χ0n) is 11.4. The van der Waals surface area contributed by atoms with Crippen LogP contribution in [0.2, 0.25) is 0 Å². The molecule has 0 bridgehead atoms. The van der Waals surface area contributed by atoms with Gasteiger partial charge in [-0.3, -0.25) is 0 Å². The summed E-state index contributed by atoms with van der Waals surface area (Å²) < 4.78 is 0. The highest BCUT2D eigenvalue weighted by Crippen LogP contribution is 2.28. The van der Waals surface area contributed by atoms with Crippen molar-refractivity contribution in [3.63, 3.8) is 0 Å². The van der Waals surface area contributed by atoms with E-state index in [1.165, 1.54) is 38.5 Å². The zero-order valence-corrected chi connectivity index (χ0v) is 11.4. The van der Waals surface area contributed by atoms with Gasteiger partial charge in [0.25, 0.3) is 0 Å². The van der Waals surface area contributed by atoms with Gasteiger partial charge in [0.2, 0.25) is 0 Å². The van der Waals surface area contributed by atoms with Crippen molar-refractivity contribution in [2.45, 2.75) is 80.1 Å². The molecule has 2 aliphatic carbocycles. The molecule has 0 aliphatic heterocycles. The highest BCUT2D eigenvalue weighted by molar-refractivity contribution is 4.66. The highest BCUT2D eigenvalue weighted by atomic mass is 14.2. The molecule has 2 saturated carbocycles. The molecule has 2 rings (SSSR count). The van der Waals surface area contributed by atoms with Crippen molar-refractivity contribution >= 4 is 0 Å². The Kier molecular flexibility index (Phi) is 15.3. The van der Waals surface area contributed by atoms with E-state index in [0.717, 1.165) is 11.8 Å². The van der Waals surface area contributed by atoms with Crippen molar-refractivity contribution in [1.82, 2.24) is 0 Å². The van der Waals surface area contributed by atoms with Crippen LogP contribution in [0.15, 0.2) is 0 Å². The minimum atomic E-state index is 1.08. The first-order valence-electron chi connectivity index (χ1n) is 6.83. The summed E-state index contributed by atoms with van der Waals surface area (Å²) in [6, 6.07) is 0. The van der Waals surface area contributed by atoms with Gasteiger partial charge in [0.1, 0.15) is 0 Å². The average Bonchev–Trinajstić information content (AvgIpc) is 2.94. The van der Waals surface area contributed by atoms with Crippen LogP contribution in [0.5, 0.6) is 0 Å². The normalized spacial score (nSPS) is 18.4. The van der Waals surface area contributed by atoms with Crippen LogP contribution in [0.1, 0.15) is 80.1 Å². The molecule has 88 valence electrons. The zero-order chi connectivity index (χ0) is 11.4. The maximum absolute atomic E-state index is 2.28. The topological polar surface area (TPSA) is 0 Å². The summed E-state index contributed by atoms with van der Waals surface area (Å²) >= 11 is 0. The summed E-state index contributed by atoms with van der Waals surface area (Å²) in [6.45, 7) is 12.6. The van der Waals surface area contributed by atoms with Crippen molar-refractivity contribution in [1.29, 1.82) is 0 Å². The third-order valence-corrected chi connectivity index (χ3v) is 2.67. The number of rotatable bonds is 1. The lowest BCUT2D eigenvalue weighted by Gasteiger charge is -2.22. The molecule has 0 unspecified atom stereocenters. The van der Waals surface area contributed by atoms with E-state index in [9.17, 15) is 0 Å². The van der Waals surface area contributed by atoms with Crippen LogP contribution in [0.3, 0.4) is 0 Å². The Morgan fingerprint density at radius 1 is 0.857 bits per heavy atom. The van der Waals surface area contributed by atoms with Crippen molar-refractivity contribution in [3.05, 3.63) is 0 Å². The average molecular weight is 200 g/mol. The van der Waals surface area contributed by atoms with E-state index in [1.54, 1.807) is 0 Å². The second-order valence-corrected chi connectivity index (χ2v) is 3.89. The number of hydrogen-bond donors (Lipinski definition) is 0. The first-order chi connectivity index (χ1) is 6.83. The Balaban J connectivity index is 0. The summed E-state index contributed by atoms with van der Waals surface area (Å²) in [7, 11) is 0. The molecule has 0 aromatic rings. The second-order valence-electron chi connectivity index (χ2n) is 3.89. The van der Waals surface area contributed by atoms with Gasteiger partial charge in [-0.15, -0.1) is 0 Å². The standard InChI is InChI=1S/C6H12.C4H8.2C2H6/c1-2-6-4-3-5-6;1-4-2-3-4;2*1-2/h6H,2-5H2,1H3;4H,2-3H2,1H3;2*1-2H3. The highest BCUT2D eigenvalue weighted by Gasteiger charge is 2.13. The van der Waals surface area contributed by atoms with E-state index in [-0.39, 0.29) is 0 Å². The quantitative estimate of drug-likeness (QED) is 0.512. The van der Waals surface area contributed by atoms with Crippen LogP contribution >= 0.6 is 0 Å². The SMILES string of the molecule is CC.CC.CC1CC1.CCC1CCC1. The summed E-state index contributed by atoms with van der Waals surface area (Å²) in [4.78, 5) is 0. The molecule has 0 heteroatoms. The van der Waals surface area contributed by atoms with Crippen LogP contribution in [-0.4, -0.2) is 0 Å². The van der Waals surface area contributed by atoms with Crippen LogP contribution in [-0.2, 0) is 0 Å². The van der Waals surface area contributed by atoms with E-state index in [2.05, 4.69) is 13.8 Å². The van der Waals surface area contributed by atoms with Gasteiger partial charge < -0.3 is 0 Å². The summed E-state index contributed by atoms with van der Waals surface area (Å²) in [6.07, 6.45) is 8.91. The van der Waals surface area contributed by atoms with Crippen molar-refractivity contribution in [3.8, 4) is 0 Å². The smallest absolute Gasteiger partial charge is 0.0417 e. The largest absolute Gasteiger partial charge is 0.0683 e. The van der Waals surface area contributed by atoms with Crippen LogP contribution in [0.4, 0.5) is 0 Å². The van der Waals surface area contributed by atoms with Crippen LogP contribution in [0, 0.1) is 11.8 Å². The summed E-state index contributed by atoms with van der Waals surface area (Å²) in [5, 5.41) is 0. The van der Waals surface area contributed by atoms with Gasteiger partial charge in [-0.25, -0.2) is 0 Å². The first kappa shape index (κ1) is 16.4. The molecule has 0 spiro atoms. The van der Waals surface area contributed by atoms with Gasteiger partial charge in [-0.05, 0) is 11.8 Å². The van der Waals surface area contributed by atoms with Gasteiger partial charge in [0.15, 0.2) is 0 Å². The summed E-state index contributed by atoms with van der Waals surface area (Å²) in [5.74, 6) is 2.20. The van der Waals surface area contributed by atoms with Crippen molar-refractivity contribution in [2.24, 2.45) is 11.8 Å². The predicted molar refractivity (Wildman–Crippen MR) is 68.7 cm³/mol. The van der Waals surface area contributed by atoms with Crippen molar-refractivity contribution < 1.29 is 0 Å². The molecule has 0 saturated heterocycles. The van der Waals surface area contributed by atoms with E-state index >= 15 is 0 Å². The molecular weight excluding hydrogens is 168 g/mol. The molecule has 0 nitrogen and oxygen atoms in total. The molecule has 0 atom stereocenters. The monoisotopic (exact) mass is 200 g/mol. The van der Waals surface area contributed by atoms with E-state index in [1.807, 2.05) is 27.7 Å². The van der Waals surface area contributed by atoms with Gasteiger partial charge in [0, 0.05) is 0 Å². The van der Waals surface area contributed by atoms with Gasteiger partial charge in [-0.2, -0.15) is 0 Å². The van der Waals surface area contributed by atoms with E-state index < -0.39 is 0 Å². The first-order valence-corrected chi connectivity index (χ1v) is 6.83. The van der Waals surface area contributed by atoms with Crippen molar-refractivity contribution in [2.75, 3.05) is 0 Å². The molecule has 0 aromatic heterocycles. The van der Waals surface area contributed by atoms with Gasteiger partial charge in [0.05, 0.1) is 0 Å². The fraction of sp³-hybridized carbons (Fsp3) is 1.00. The molecule has 14 heavy (non-hydrogen) atoms. The van der Waals surface area contributed by atoms with Gasteiger partial charge in [-0.1, -0.05) is 80.1 Å². The minimum absolute atomic E-state index is 1.08. The van der Waals surface area contributed by atoms with Gasteiger partial charge >= 0.3 is 0 Å². The lowest BCUT2D eigenvalue weighted by molar-refractivity contribution is 0.307. The van der Waals surface area contributed by atoms with E-state index in [4.69, 9.17) is 0 Å². The lowest BCUT2D eigenvalue weighted by Crippen LogP contribution is -2.08. The maximum atomic E-state index is 2.28. The Morgan fingerprint density at radius 2 is 1.21 bits per heavy atom. The summed E-state index contributed by atoms with van der Waals surface area (Å²) in [5.41, 5.74) is 0. The number of hydrogen-bond acceptors (Lipinski definition) is 0. The minimum Gasteiger partial charge on any atom is -0.0683 e. The molecule has 0 heterocycles. The molecule has 0 amide bonds. The molecule has 2 fully saturated rings. The fourth-order valence-corrected chi connectivity index (χ4v) is 1.07. The Labute approximate surface area is 92.5 Å². The third kappa shape index (κ3) is 12.0. The molecular formula is C14H32. The molecule has 0 N–H and O–H groups in total. The molecule has 2 aliphatic rings. The molecule has 0 aromatic carbocycles. The molecule has 0 radical (unpaired) electrons. The Hall–Kier alpha value is 0. The fourth-order valence-electron chi connectivity index (χ4n) is 1.07.